The zero-order chi connectivity index (χ0) is 11.1. The molecule has 1 unspecified atom stereocenters. The van der Waals surface area contributed by atoms with Gasteiger partial charge in [-0.3, -0.25) is 0 Å². The van der Waals surface area contributed by atoms with Crippen molar-refractivity contribution in [2.75, 3.05) is 11.1 Å². The van der Waals surface area contributed by atoms with Crippen LogP contribution in [0.1, 0.15) is 39.5 Å². The van der Waals surface area contributed by atoms with Gasteiger partial charge in [-0.25, -0.2) is 4.98 Å². The molecule has 3 nitrogen and oxygen atoms in total. The van der Waals surface area contributed by atoms with Gasteiger partial charge in [-0.15, -0.1) is 0 Å². The molecule has 1 aromatic heterocycles. The molecule has 0 aliphatic heterocycles. The van der Waals surface area contributed by atoms with E-state index in [2.05, 4.69) is 24.1 Å². The number of pyridine rings is 1. The fourth-order valence-corrected chi connectivity index (χ4v) is 1.56. The summed E-state index contributed by atoms with van der Waals surface area (Å²) >= 11 is 0. The molecular formula is C12H21N3. The molecule has 0 amide bonds. The minimum absolute atomic E-state index is 0.464. The van der Waals surface area contributed by atoms with Crippen LogP contribution in [0, 0.1) is 0 Å². The van der Waals surface area contributed by atoms with Gasteiger partial charge >= 0.3 is 0 Å². The third kappa shape index (κ3) is 4.68. The van der Waals surface area contributed by atoms with E-state index in [-0.39, 0.29) is 0 Å². The number of aromatic nitrogens is 1. The molecule has 0 aliphatic rings. The molecular weight excluding hydrogens is 186 g/mol. The molecule has 1 heterocycles. The van der Waals surface area contributed by atoms with Crippen molar-refractivity contribution in [1.29, 1.82) is 0 Å². The van der Waals surface area contributed by atoms with Crippen LogP contribution in [0.15, 0.2) is 18.2 Å². The molecule has 0 spiro atoms. The van der Waals surface area contributed by atoms with Crippen molar-refractivity contribution in [3.8, 4) is 0 Å². The van der Waals surface area contributed by atoms with Crippen LogP contribution in [-0.2, 0) is 0 Å². The molecule has 84 valence electrons. The second-order valence-electron chi connectivity index (χ2n) is 3.99. The molecule has 3 N–H and O–H groups in total. The topological polar surface area (TPSA) is 50.9 Å². The first-order chi connectivity index (χ1) is 7.22. The maximum Gasteiger partial charge on any atom is 0.128 e. The minimum atomic E-state index is 0.464. The zero-order valence-corrected chi connectivity index (χ0v) is 9.66. The van der Waals surface area contributed by atoms with Crippen LogP contribution < -0.4 is 11.1 Å². The second kappa shape index (κ2) is 6.27. The van der Waals surface area contributed by atoms with Crippen molar-refractivity contribution in [3.05, 3.63) is 18.2 Å². The monoisotopic (exact) mass is 207 g/mol. The number of hydrogen-bond acceptors (Lipinski definition) is 3. The highest BCUT2D eigenvalue weighted by Crippen LogP contribution is 2.10. The molecule has 0 radical (unpaired) electrons. The number of anilines is 2. The molecule has 0 saturated carbocycles. The Morgan fingerprint density at radius 1 is 1.40 bits per heavy atom. The Hall–Kier alpha value is -1.25. The summed E-state index contributed by atoms with van der Waals surface area (Å²) in [5.74, 6) is 1.44. The molecule has 1 atom stereocenters. The van der Waals surface area contributed by atoms with Crippen LogP contribution in [0.4, 0.5) is 11.6 Å². The van der Waals surface area contributed by atoms with Gasteiger partial charge in [-0.05, 0) is 25.5 Å². The van der Waals surface area contributed by atoms with Crippen LogP contribution in [0.3, 0.4) is 0 Å². The molecule has 15 heavy (non-hydrogen) atoms. The van der Waals surface area contributed by atoms with Gasteiger partial charge < -0.3 is 11.1 Å². The molecule has 0 saturated heterocycles. The Bertz CT molecular complexity index is 286. The lowest BCUT2D eigenvalue weighted by atomic mass is 10.1. The molecule has 3 heteroatoms. The summed E-state index contributed by atoms with van der Waals surface area (Å²) in [7, 11) is 0. The number of nitrogens with two attached hydrogens (primary N) is 1. The highest BCUT2D eigenvalue weighted by molar-refractivity contribution is 5.42. The average molecular weight is 207 g/mol. The molecule has 0 aliphatic carbocycles. The Kier molecular flexibility index (Phi) is 4.95. The van der Waals surface area contributed by atoms with Gasteiger partial charge in [0.2, 0.25) is 0 Å². The maximum atomic E-state index is 5.60. The second-order valence-corrected chi connectivity index (χ2v) is 3.99. The lowest BCUT2D eigenvalue weighted by Crippen LogP contribution is -2.16. The van der Waals surface area contributed by atoms with E-state index in [1.807, 2.05) is 12.1 Å². The van der Waals surface area contributed by atoms with Crippen LogP contribution in [0.2, 0.25) is 0 Å². The van der Waals surface area contributed by atoms with Crippen molar-refractivity contribution in [2.24, 2.45) is 0 Å². The van der Waals surface area contributed by atoms with E-state index < -0.39 is 0 Å². The first-order valence-electron chi connectivity index (χ1n) is 5.71. The van der Waals surface area contributed by atoms with Crippen LogP contribution >= 0.6 is 0 Å². The molecule has 0 aromatic carbocycles. The van der Waals surface area contributed by atoms with Crippen LogP contribution in [-0.4, -0.2) is 11.0 Å². The van der Waals surface area contributed by atoms with Crippen molar-refractivity contribution >= 4 is 11.6 Å². The average Bonchev–Trinajstić information content (AvgIpc) is 2.18. The van der Waals surface area contributed by atoms with E-state index >= 15 is 0 Å². The van der Waals surface area contributed by atoms with Crippen molar-refractivity contribution in [1.82, 2.24) is 4.98 Å². The van der Waals surface area contributed by atoms with Gasteiger partial charge in [0.05, 0.1) is 0 Å². The number of unbranched alkanes of at least 4 members (excludes halogenated alkanes) is 2. The Morgan fingerprint density at radius 2 is 2.20 bits per heavy atom. The van der Waals surface area contributed by atoms with E-state index in [9.17, 15) is 0 Å². The number of rotatable bonds is 6. The van der Waals surface area contributed by atoms with Gasteiger partial charge in [0.25, 0.3) is 0 Å². The maximum absolute atomic E-state index is 5.60. The highest BCUT2D eigenvalue weighted by atomic mass is 15.0. The summed E-state index contributed by atoms with van der Waals surface area (Å²) in [6.45, 7) is 4.40. The SMILES string of the molecule is CCCCCC(C)Nc1cccc(N)n1. The van der Waals surface area contributed by atoms with E-state index in [0.29, 0.717) is 11.9 Å². The largest absolute Gasteiger partial charge is 0.384 e. The lowest BCUT2D eigenvalue weighted by molar-refractivity contribution is 0.614. The third-order valence-corrected chi connectivity index (χ3v) is 2.41. The fourth-order valence-electron chi connectivity index (χ4n) is 1.56. The van der Waals surface area contributed by atoms with Gasteiger partial charge in [0.15, 0.2) is 0 Å². The lowest BCUT2D eigenvalue weighted by Gasteiger charge is -2.14. The van der Waals surface area contributed by atoms with Gasteiger partial charge in [0.1, 0.15) is 11.6 Å². The number of nitrogens with one attached hydrogen (secondary N) is 1. The number of nitrogens with zero attached hydrogens (tertiary/aromatic N) is 1. The summed E-state index contributed by atoms with van der Waals surface area (Å²) in [6, 6.07) is 6.13. The van der Waals surface area contributed by atoms with E-state index in [1.54, 1.807) is 6.07 Å². The predicted molar refractivity (Wildman–Crippen MR) is 65.9 cm³/mol. The standard InChI is InChI=1S/C12H21N3/c1-3-4-5-7-10(2)14-12-9-6-8-11(13)15-12/h6,8-10H,3-5,7H2,1-2H3,(H3,13,14,15). The van der Waals surface area contributed by atoms with Crippen LogP contribution in [0.5, 0.6) is 0 Å². The summed E-state index contributed by atoms with van der Waals surface area (Å²) in [5, 5.41) is 3.35. The van der Waals surface area contributed by atoms with Gasteiger partial charge in [-0.1, -0.05) is 32.3 Å². The molecule has 1 aromatic rings. The van der Waals surface area contributed by atoms with Crippen molar-refractivity contribution in [2.45, 2.75) is 45.6 Å². The zero-order valence-electron chi connectivity index (χ0n) is 9.66. The summed E-state index contributed by atoms with van der Waals surface area (Å²) < 4.78 is 0. The van der Waals surface area contributed by atoms with E-state index in [1.165, 1.54) is 25.7 Å². The van der Waals surface area contributed by atoms with E-state index in [4.69, 9.17) is 5.73 Å². The number of hydrogen-bond donors (Lipinski definition) is 2. The first kappa shape index (κ1) is 11.8. The highest BCUT2D eigenvalue weighted by Gasteiger charge is 2.02. The van der Waals surface area contributed by atoms with E-state index in [0.717, 1.165) is 5.82 Å². The first-order valence-corrected chi connectivity index (χ1v) is 5.71. The summed E-state index contributed by atoms with van der Waals surface area (Å²) in [5.41, 5.74) is 5.60. The molecule has 0 bridgehead atoms. The Morgan fingerprint density at radius 3 is 2.87 bits per heavy atom. The molecule has 1 rings (SSSR count). The van der Waals surface area contributed by atoms with Gasteiger partial charge in [-0.2, -0.15) is 0 Å². The van der Waals surface area contributed by atoms with Crippen LogP contribution in [0.25, 0.3) is 0 Å². The normalized spacial score (nSPS) is 12.4. The quantitative estimate of drug-likeness (QED) is 0.705. The Labute approximate surface area is 92.1 Å². The minimum Gasteiger partial charge on any atom is -0.384 e. The summed E-state index contributed by atoms with van der Waals surface area (Å²) in [6.07, 6.45) is 5.02. The van der Waals surface area contributed by atoms with Crippen molar-refractivity contribution < 1.29 is 0 Å². The van der Waals surface area contributed by atoms with Gasteiger partial charge in [0, 0.05) is 6.04 Å². The Balaban J connectivity index is 2.34. The predicted octanol–water partition coefficient (Wildman–Crippen LogP) is 3.04. The fraction of sp³-hybridized carbons (Fsp3) is 0.583. The number of nitrogen functional groups attached to an aromatic ring is 1. The molecule has 0 fully saturated rings. The smallest absolute Gasteiger partial charge is 0.128 e. The van der Waals surface area contributed by atoms with Crippen molar-refractivity contribution in [3.63, 3.8) is 0 Å². The third-order valence-electron chi connectivity index (χ3n) is 2.41. The summed E-state index contributed by atoms with van der Waals surface area (Å²) in [4.78, 5) is 4.21.